The van der Waals surface area contributed by atoms with Crippen molar-refractivity contribution in [1.82, 2.24) is 9.97 Å². The Morgan fingerprint density at radius 1 is 1.40 bits per heavy atom. The average molecular weight is 339 g/mol. The number of nitrogens with one attached hydrogen (secondary N) is 2. The summed E-state index contributed by atoms with van der Waals surface area (Å²) in [6, 6.07) is 7.18. The fourth-order valence-electron chi connectivity index (χ4n) is 1.64. The molecule has 0 aliphatic heterocycles. The van der Waals surface area contributed by atoms with Gasteiger partial charge in [0.2, 0.25) is 11.8 Å². The molecule has 0 aliphatic carbocycles. The van der Waals surface area contributed by atoms with Crippen molar-refractivity contribution in [2.45, 2.75) is 6.92 Å². The summed E-state index contributed by atoms with van der Waals surface area (Å²) in [7, 11) is 0. The van der Waals surface area contributed by atoms with E-state index >= 15 is 0 Å². The Labute approximate surface area is 122 Å². The lowest BCUT2D eigenvalue weighted by Gasteiger charge is -2.09. The molecule has 1 aromatic carbocycles. The van der Waals surface area contributed by atoms with Crippen LogP contribution in [-0.4, -0.2) is 14.9 Å². The zero-order valence-electron chi connectivity index (χ0n) is 10.4. The number of nitro groups is 1. The highest BCUT2D eigenvalue weighted by Crippen LogP contribution is 2.29. The van der Waals surface area contributed by atoms with Crippen LogP contribution in [0.3, 0.4) is 0 Å². The summed E-state index contributed by atoms with van der Waals surface area (Å²) < 4.78 is 0.841. The number of hydrogen-bond acceptors (Lipinski definition) is 7. The quantitative estimate of drug-likeness (QED) is 0.445. The number of rotatable bonds is 4. The van der Waals surface area contributed by atoms with E-state index in [1.165, 1.54) is 6.92 Å². The predicted octanol–water partition coefficient (Wildman–Crippen LogP) is 2.48. The molecule has 9 heteroatoms. The molecule has 0 fully saturated rings. The van der Waals surface area contributed by atoms with E-state index in [9.17, 15) is 10.1 Å². The Hall–Kier alpha value is -2.26. The number of halogens is 1. The normalized spacial score (nSPS) is 10.2. The zero-order valence-corrected chi connectivity index (χ0v) is 12.0. The largest absolute Gasteiger partial charge is 0.334 e. The standard InChI is InChI=1S/C11H11BrN6O2/c1-6-9(18(19)20)10(16-11(14-6)17-13)15-8-4-2-3-7(12)5-8/h2-5H,13H2,1H3,(H2,14,15,16,17). The summed E-state index contributed by atoms with van der Waals surface area (Å²) in [6.45, 7) is 1.52. The van der Waals surface area contributed by atoms with Crippen molar-refractivity contribution in [3.63, 3.8) is 0 Å². The highest BCUT2D eigenvalue weighted by molar-refractivity contribution is 9.10. The van der Waals surface area contributed by atoms with Crippen molar-refractivity contribution in [3.05, 3.63) is 44.5 Å². The van der Waals surface area contributed by atoms with Crippen LogP contribution in [0.5, 0.6) is 0 Å². The van der Waals surface area contributed by atoms with Crippen LogP contribution in [0.15, 0.2) is 28.7 Å². The number of aromatic nitrogens is 2. The number of hydrazine groups is 1. The molecule has 0 aliphatic rings. The third-order valence-corrected chi connectivity index (χ3v) is 2.95. The summed E-state index contributed by atoms with van der Waals surface area (Å²) in [4.78, 5) is 18.5. The minimum absolute atomic E-state index is 0.0774. The van der Waals surface area contributed by atoms with Crippen LogP contribution in [0.25, 0.3) is 0 Å². The molecule has 0 saturated carbocycles. The third-order valence-electron chi connectivity index (χ3n) is 2.46. The first-order valence-corrected chi connectivity index (χ1v) is 6.33. The number of hydrogen-bond donors (Lipinski definition) is 3. The predicted molar refractivity (Wildman–Crippen MR) is 78.7 cm³/mol. The first kappa shape index (κ1) is 14.2. The van der Waals surface area contributed by atoms with E-state index in [1.54, 1.807) is 18.2 Å². The second kappa shape index (κ2) is 5.80. The van der Waals surface area contributed by atoms with Gasteiger partial charge in [-0.15, -0.1) is 0 Å². The van der Waals surface area contributed by atoms with Gasteiger partial charge >= 0.3 is 5.69 Å². The molecule has 2 aromatic rings. The smallest absolute Gasteiger partial charge is 0.332 e. The number of nitrogens with zero attached hydrogens (tertiary/aromatic N) is 3. The molecule has 0 atom stereocenters. The van der Waals surface area contributed by atoms with Gasteiger partial charge in [0.05, 0.1) is 4.92 Å². The van der Waals surface area contributed by atoms with Crippen LogP contribution in [0, 0.1) is 17.0 Å². The number of nitrogens with two attached hydrogens (primary N) is 1. The summed E-state index contributed by atoms with van der Waals surface area (Å²) in [5, 5.41) is 14.0. The molecule has 20 heavy (non-hydrogen) atoms. The highest BCUT2D eigenvalue weighted by atomic mass is 79.9. The zero-order chi connectivity index (χ0) is 14.7. The molecular weight excluding hydrogens is 328 g/mol. The Bertz CT molecular complexity index is 663. The molecule has 0 unspecified atom stereocenters. The maximum atomic E-state index is 11.1. The van der Waals surface area contributed by atoms with Crippen molar-refractivity contribution in [1.29, 1.82) is 0 Å². The lowest BCUT2D eigenvalue weighted by molar-refractivity contribution is -0.385. The molecule has 0 amide bonds. The van der Waals surface area contributed by atoms with Gasteiger partial charge in [0.1, 0.15) is 5.69 Å². The van der Waals surface area contributed by atoms with Crippen LogP contribution < -0.4 is 16.6 Å². The van der Waals surface area contributed by atoms with Crippen molar-refractivity contribution in [2.75, 3.05) is 10.7 Å². The van der Waals surface area contributed by atoms with Gasteiger partial charge in [-0.1, -0.05) is 22.0 Å². The molecule has 0 bridgehead atoms. The lowest BCUT2D eigenvalue weighted by Crippen LogP contribution is -2.13. The highest BCUT2D eigenvalue weighted by Gasteiger charge is 2.22. The number of nitrogen functional groups attached to an aromatic ring is 1. The summed E-state index contributed by atoms with van der Waals surface area (Å²) in [5.41, 5.74) is 2.96. The fraction of sp³-hybridized carbons (Fsp3) is 0.0909. The van der Waals surface area contributed by atoms with Gasteiger partial charge in [-0.25, -0.2) is 10.8 Å². The van der Waals surface area contributed by atoms with Crippen LogP contribution in [-0.2, 0) is 0 Å². The molecule has 0 saturated heterocycles. The monoisotopic (exact) mass is 338 g/mol. The van der Waals surface area contributed by atoms with Crippen LogP contribution in [0.4, 0.5) is 23.1 Å². The van der Waals surface area contributed by atoms with Gasteiger partial charge in [-0.3, -0.25) is 15.5 Å². The first-order chi connectivity index (χ1) is 9.51. The second-order valence-corrected chi connectivity index (χ2v) is 4.78. The molecule has 1 heterocycles. The Balaban J connectivity index is 2.48. The van der Waals surface area contributed by atoms with E-state index in [1.807, 2.05) is 6.07 Å². The molecule has 104 valence electrons. The van der Waals surface area contributed by atoms with Gasteiger partial charge in [-0.2, -0.15) is 4.98 Å². The second-order valence-electron chi connectivity index (χ2n) is 3.87. The molecular formula is C11H11BrN6O2. The van der Waals surface area contributed by atoms with E-state index in [0.29, 0.717) is 5.69 Å². The first-order valence-electron chi connectivity index (χ1n) is 5.53. The van der Waals surface area contributed by atoms with Gasteiger partial charge in [0.15, 0.2) is 0 Å². The van der Waals surface area contributed by atoms with Gasteiger partial charge in [0.25, 0.3) is 0 Å². The molecule has 2 rings (SSSR count). The maximum absolute atomic E-state index is 11.1. The van der Waals surface area contributed by atoms with Crippen LogP contribution in [0.2, 0.25) is 0 Å². The Kier molecular flexibility index (Phi) is 4.11. The van der Waals surface area contributed by atoms with E-state index < -0.39 is 4.92 Å². The molecule has 0 spiro atoms. The van der Waals surface area contributed by atoms with E-state index in [0.717, 1.165) is 4.47 Å². The summed E-state index contributed by atoms with van der Waals surface area (Å²) in [5.74, 6) is 5.43. The maximum Gasteiger partial charge on any atom is 0.332 e. The number of anilines is 3. The van der Waals surface area contributed by atoms with Crippen LogP contribution >= 0.6 is 15.9 Å². The van der Waals surface area contributed by atoms with Crippen molar-refractivity contribution in [3.8, 4) is 0 Å². The van der Waals surface area contributed by atoms with Crippen molar-refractivity contribution < 1.29 is 4.92 Å². The topological polar surface area (TPSA) is 119 Å². The molecule has 4 N–H and O–H groups in total. The van der Waals surface area contributed by atoms with Crippen molar-refractivity contribution >= 4 is 39.1 Å². The Morgan fingerprint density at radius 2 is 2.15 bits per heavy atom. The average Bonchev–Trinajstić information content (AvgIpc) is 2.37. The van der Waals surface area contributed by atoms with Gasteiger partial charge in [-0.05, 0) is 25.1 Å². The van der Waals surface area contributed by atoms with Gasteiger partial charge in [0, 0.05) is 10.2 Å². The minimum Gasteiger partial charge on any atom is -0.334 e. The summed E-state index contributed by atoms with van der Waals surface area (Å²) >= 11 is 3.33. The number of aryl methyl sites for hydroxylation is 1. The molecule has 8 nitrogen and oxygen atoms in total. The SMILES string of the molecule is Cc1nc(NN)nc(Nc2cccc(Br)c2)c1[N+](=O)[O-]. The lowest BCUT2D eigenvalue weighted by atomic mass is 10.3. The third kappa shape index (κ3) is 3.00. The van der Waals surface area contributed by atoms with Gasteiger partial charge < -0.3 is 5.32 Å². The van der Waals surface area contributed by atoms with E-state index in [2.05, 4.69) is 36.6 Å². The van der Waals surface area contributed by atoms with E-state index in [-0.39, 0.29) is 23.1 Å². The van der Waals surface area contributed by atoms with Crippen molar-refractivity contribution in [2.24, 2.45) is 5.84 Å². The minimum atomic E-state index is -0.532. The fourth-order valence-corrected chi connectivity index (χ4v) is 2.04. The Morgan fingerprint density at radius 3 is 2.75 bits per heavy atom. The molecule has 0 radical (unpaired) electrons. The van der Waals surface area contributed by atoms with E-state index in [4.69, 9.17) is 5.84 Å². The van der Waals surface area contributed by atoms with Crippen LogP contribution in [0.1, 0.15) is 5.69 Å². The molecule has 1 aromatic heterocycles. The summed E-state index contributed by atoms with van der Waals surface area (Å²) in [6.07, 6.45) is 0. The number of benzene rings is 1.